The molecule has 2 aliphatic rings. The first-order chi connectivity index (χ1) is 32.8. The lowest BCUT2D eigenvalue weighted by atomic mass is 9.70. The van der Waals surface area contributed by atoms with Crippen LogP contribution in [0.4, 0.5) is 0 Å². The largest absolute Gasteiger partial charge is 0.309 e. The number of fused-ring (bicyclic) bond motifs is 15. The summed E-state index contributed by atoms with van der Waals surface area (Å²) >= 11 is 0. The van der Waals surface area contributed by atoms with Gasteiger partial charge in [-0.25, -0.2) is 0 Å². The van der Waals surface area contributed by atoms with E-state index >= 15 is 0 Å². The number of benzene rings is 12. The normalized spacial score (nSPS) is 13.3. The Balaban J connectivity index is 1.02. The molecule has 2 aliphatic carbocycles. The third-order valence-corrected chi connectivity index (χ3v) is 15.1. The quantitative estimate of drug-likeness (QED) is 0.156. The lowest BCUT2D eigenvalue weighted by molar-refractivity contribution is 0.794. The number of nitrogens with zero attached hydrogens (tertiary/aromatic N) is 1. The van der Waals surface area contributed by atoms with Crippen LogP contribution >= 0.6 is 0 Å². The van der Waals surface area contributed by atoms with Crippen LogP contribution in [-0.4, -0.2) is 4.57 Å². The summed E-state index contributed by atoms with van der Waals surface area (Å²) in [6.45, 7) is 0. The van der Waals surface area contributed by atoms with Crippen molar-refractivity contribution in [3.63, 3.8) is 0 Å². The van der Waals surface area contributed by atoms with E-state index in [2.05, 4.69) is 241 Å². The van der Waals surface area contributed by atoms with E-state index in [4.69, 9.17) is 0 Å². The average molecular weight is 834 g/mol. The fourth-order valence-corrected chi connectivity index (χ4v) is 12.5. The highest BCUT2D eigenvalue weighted by atomic mass is 15.0. The first-order valence-electron chi connectivity index (χ1n) is 23.1. The fourth-order valence-electron chi connectivity index (χ4n) is 12.5. The summed E-state index contributed by atoms with van der Waals surface area (Å²) in [5.74, 6) is 0. The van der Waals surface area contributed by atoms with E-state index in [0.29, 0.717) is 0 Å². The van der Waals surface area contributed by atoms with Crippen LogP contribution in [0.1, 0.15) is 22.3 Å². The topological polar surface area (TPSA) is 4.93 Å². The molecule has 0 radical (unpaired) electrons. The van der Waals surface area contributed by atoms with Crippen molar-refractivity contribution < 1.29 is 0 Å². The zero-order valence-electron chi connectivity index (χ0n) is 36.0. The van der Waals surface area contributed by atoms with E-state index in [1.165, 1.54) is 132 Å². The predicted molar refractivity (Wildman–Crippen MR) is 277 cm³/mol. The molecule has 0 unspecified atom stereocenters. The molecule has 0 atom stereocenters. The molecule has 0 aliphatic heterocycles. The Morgan fingerprint density at radius 3 is 1.48 bits per heavy atom. The Hall–Kier alpha value is -8.52. The predicted octanol–water partition coefficient (Wildman–Crippen LogP) is 17.0. The summed E-state index contributed by atoms with van der Waals surface area (Å²) in [7, 11) is 0. The van der Waals surface area contributed by atoms with Gasteiger partial charge in [-0.1, -0.05) is 200 Å². The number of rotatable bonds is 4. The molecule has 1 spiro atoms. The maximum atomic E-state index is 2.55. The first-order valence-corrected chi connectivity index (χ1v) is 23.1. The second-order valence-corrected chi connectivity index (χ2v) is 18.3. The van der Waals surface area contributed by atoms with E-state index in [9.17, 15) is 0 Å². The van der Waals surface area contributed by atoms with Gasteiger partial charge in [-0.15, -0.1) is 0 Å². The second kappa shape index (κ2) is 13.3. The minimum absolute atomic E-state index is 0.367. The SMILES string of the molecule is c1ccc(-c2cc(-c3ccccc3)cc(-n3c4ccccc4c4c5cccc6cc(-c7ccc8c(c7)-c7ccccc7C87c8ccccc8-c8ccccc87)c7cccc(c7c65)c43)c2)cc1. The minimum atomic E-state index is -0.367. The molecule has 15 rings (SSSR count). The highest BCUT2D eigenvalue weighted by Gasteiger charge is 2.51. The molecular formula is C65H39N. The lowest BCUT2D eigenvalue weighted by Gasteiger charge is -2.30. The molecule has 1 heterocycles. The molecule has 0 fully saturated rings. The Morgan fingerprint density at radius 1 is 0.273 bits per heavy atom. The van der Waals surface area contributed by atoms with Crippen molar-refractivity contribution >= 4 is 54.1 Å². The molecule has 66 heavy (non-hydrogen) atoms. The molecule has 0 N–H and O–H groups in total. The third kappa shape index (κ3) is 4.64. The first kappa shape index (κ1) is 35.9. The van der Waals surface area contributed by atoms with Crippen LogP contribution in [0.3, 0.4) is 0 Å². The summed E-state index contributed by atoms with van der Waals surface area (Å²) in [4.78, 5) is 0. The van der Waals surface area contributed by atoms with Gasteiger partial charge in [0.1, 0.15) is 0 Å². The van der Waals surface area contributed by atoms with Crippen molar-refractivity contribution in [3.8, 4) is 61.3 Å². The van der Waals surface area contributed by atoms with E-state index in [1.54, 1.807) is 0 Å². The van der Waals surface area contributed by atoms with Crippen molar-refractivity contribution in [1.29, 1.82) is 0 Å². The highest BCUT2D eigenvalue weighted by molar-refractivity contribution is 6.39. The van der Waals surface area contributed by atoms with Crippen molar-refractivity contribution in [2.24, 2.45) is 0 Å². The minimum Gasteiger partial charge on any atom is -0.309 e. The maximum absolute atomic E-state index is 2.55. The maximum Gasteiger partial charge on any atom is 0.0725 e. The molecule has 0 saturated carbocycles. The van der Waals surface area contributed by atoms with Gasteiger partial charge in [0.2, 0.25) is 0 Å². The van der Waals surface area contributed by atoms with Crippen molar-refractivity contribution in [3.05, 3.63) is 259 Å². The Labute approximate surface area is 382 Å². The number of aromatic nitrogens is 1. The molecule has 12 aromatic carbocycles. The van der Waals surface area contributed by atoms with Gasteiger partial charge >= 0.3 is 0 Å². The molecule has 13 aromatic rings. The van der Waals surface area contributed by atoms with Gasteiger partial charge in [0.25, 0.3) is 0 Å². The summed E-state index contributed by atoms with van der Waals surface area (Å²) in [5, 5.41) is 10.3. The molecule has 1 nitrogen and oxygen atoms in total. The standard InChI is InChI=1S/C65H39N/c1-3-17-40(18-4-1)44-35-45(41-19-5-2-6-20-41)37-46(36-44)66-60-32-14-10-25-51(60)63-52-27-15-21-43-39-54(50-26-16-28-53(64(63)66)62(50)61(43)52)42-33-34-59-55(38-42)49-24-9-13-31-58(49)65(59)56-29-11-7-22-47(56)48-23-8-12-30-57(48)65/h1-39H. The Bertz CT molecular complexity index is 4050. The van der Waals surface area contributed by atoms with Crippen LogP contribution < -0.4 is 0 Å². The van der Waals surface area contributed by atoms with Crippen LogP contribution in [0.5, 0.6) is 0 Å². The molecule has 0 saturated heterocycles. The van der Waals surface area contributed by atoms with Gasteiger partial charge < -0.3 is 4.57 Å². The van der Waals surface area contributed by atoms with Crippen LogP contribution in [0.2, 0.25) is 0 Å². The lowest BCUT2D eigenvalue weighted by Crippen LogP contribution is -2.25. The number of hydrogen-bond acceptors (Lipinski definition) is 0. The zero-order valence-corrected chi connectivity index (χ0v) is 36.0. The molecule has 1 heteroatoms. The van der Waals surface area contributed by atoms with Gasteiger partial charge in [-0.2, -0.15) is 0 Å². The second-order valence-electron chi connectivity index (χ2n) is 18.3. The molecule has 304 valence electrons. The fraction of sp³-hybridized carbons (Fsp3) is 0.0154. The number of hydrogen-bond donors (Lipinski definition) is 0. The average Bonchev–Trinajstić information content (AvgIpc) is 4.01. The summed E-state index contributed by atoms with van der Waals surface area (Å²) in [5.41, 5.74) is 21.3. The van der Waals surface area contributed by atoms with Crippen molar-refractivity contribution in [1.82, 2.24) is 4.57 Å². The number of para-hydroxylation sites is 1. The van der Waals surface area contributed by atoms with Gasteiger partial charge in [-0.05, 0) is 136 Å². The molecule has 0 amide bonds. The summed E-state index contributed by atoms with van der Waals surface area (Å²) < 4.78 is 2.55. The molecule has 1 aromatic heterocycles. The highest BCUT2D eigenvalue weighted by Crippen LogP contribution is 2.63. The van der Waals surface area contributed by atoms with Crippen LogP contribution in [0.15, 0.2) is 237 Å². The van der Waals surface area contributed by atoms with Gasteiger partial charge in [0.15, 0.2) is 0 Å². The third-order valence-electron chi connectivity index (χ3n) is 15.1. The van der Waals surface area contributed by atoms with Gasteiger partial charge in [0, 0.05) is 27.2 Å². The van der Waals surface area contributed by atoms with Crippen LogP contribution in [0, 0.1) is 0 Å². The van der Waals surface area contributed by atoms with E-state index in [-0.39, 0.29) is 5.41 Å². The van der Waals surface area contributed by atoms with Crippen LogP contribution in [0.25, 0.3) is 115 Å². The summed E-state index contributed by atoms with van der Waals surface area (Å²) in [6.07, 6.45) is 0. The van der Waals surface area contributed by atoms with E-state index < -0.39 is 0 Å². The van der Waals surface area contributed by atoms with Gasteiger partial charge in [0.05, 0.1) is 16.4 Å². The van der Waals surface area contributed by atoms with Crippen LogP contribution in [-0.2, 0) is 5.41 Å². The van der Waals surface area contributed by atoms with E-state index in [0.717, 1.165) is 5.69 Å². The smallest absolute Gasteiger partial charge is 0.0725 e. The monoisotopic (exact) mass is 833 g/mol. The Morgan fingerprint density at radius 2 is 0.803 bits per heavy atom. The summed E-state index contributed by atoms with van der Waals surface area (Å²) in [6, 6.07) is 88.8. The van der Waals surface area contributed by atoms with Crippen molar-refractivity contribution in [2.45, 2.75) is 5.41 Å². The molecule has 0 bridgehead atoms. The van der Waals surface area contributed by atoms with Gasteiger partial charge in [-0.3, -0.25) is 0 Å². The zero-order chi connectivity index (χ0) is 43.1. The Kier molecular flexibility index (Phi) is 7.21. The van der Waals surface area contributed by atoms with E-state index in [1.807, 2.05) is 0 Å². The molecular weight excluding hydrogens is 795 g/mol. The van der Waals surface area contributed by atoms with Crippen molar-refractivity contribution in [2.75, 3.05) is 0 Å².